The standard InChI is InChI=1S/C16H15F4N5/c1-8-4-9(2)14(22-7-8)25-15(21-3)12-11(24-25)5-10(6-17)23-13(12)16(18,19)20/h4-5,7,21H,6H2,1-3H3. The summed E-state index contributed by atoms with van der Waals surface area (Å²) in [5.74, 6) is 0.487. The Morgan fingerprint density at radius 1 is 1.20 bits per heavy atom. The third-order valence-corrected chi connectivity index (χ3v) is 3.74. The number of anilines is 1. The van der Waals surface area contributed by atoms with Crippen molar-refractivity contribution in [3.05, 3.63) is 40.8 Å². The highest BCUT2D eigenvalue weighted by atomic mass is 19.4. The van der Waals surface area contributed by atoms with Crippen LogP contribution in [0.3, 0.4) is 0 Å². The van der Waals surface area contributed by atoms with Gasteiger partial charge in [0.15, 0.2) is 11.5 Å². The fourth-order valence-corrected chi connectivity index (χ4v) is 2.75. The number of hydrogen-bond donors (Lipinski definition) is 1. The van der Waals surface area contributed by atoms with Crippen molar-refractivity contribution in [1.29, 1.82) is 0 Å². The molecule has 0 aliphatic carbocycles. The van der Waals surface area contributed by atoms with Crippen LogP contribution in [0.2, 0.25) is 0 Å². The van der Waals surface area contributed by atoms with Gasteiger partial charge in [0, 0.05) is 13.2 Å². The molecule has 0 fully saturated rings. The number of nitrogens with zero attached hydrogens (tertiary/aromatic N) is 4. The van der Waals surface area contributed by atoms with E-state index < -0.39 is 18.5 Å². The lowest BCUT2D eigenvalue weighted by atomic mass is 10.2. The number of halogens is 4. The summed E-state index contributed by atoms with van der Waals surface area (Å²) in [6.07, 6.45) is -3.14. The lowest BCUT2D eigenvalue weighted by molar-refractivity contribution is -0.139. The average Bonchev–Trinajstić information content (AvgIpc) is 2.90. The topological polar surface area (TPSA) is 55.6 Å². The monoisotopic (exact) mass is 353 g/mol. The van der Waals surface area contributed by atoms with Crippen molar-refractivity contribution in [2.45, 2.75) is 26.7 Å². The average molecular weight is 353 g/mol. The van der Waals surface area contributed by atoms with Crippen molar-refractivity contribution in [1.82, 2.24) is 19.7 Å². The van der Waals surface area contributed by atoms with Crippen LogP contribution in [0.25, 0.3) is 16.7 Å². The SMILES string of the molecule is CNc1c2c(C(F)(F)F)nc(CF)cc2nn1-c1ncc(C)cc1C. The third kappa shape index (κ3) is 2.90. The summed E-state index contributed by atoms with van der Waals surface area (Å²) in [5, 5.41) is 6.73. The second-order valence-corrected chi connectivity index (χ2v) is 5.65. The zero-order valence-corrected chi connectivity index (χ0v) is 13.7. The first-order valence-electron chi connectivity index (χ1n) is 7.43. The molecule has 0 unspecified atom stereocenters. The van der Waals surface area contributed by atoms with Crippen molar-refractivity contribution < 1.29 is 17.6 Å². The number of pyridine rings is 2. The van der Waals surface area contributed by atoms with Crippen molar-refractivity contribution in [2.75, 3.05) is 12.4 Å². The minimum atomic E-state index is -4.74. The van der Waals surface area contributed by atoms with Crippen molar-refractivity contribution in [2.24, 2.45) is 0 Å². The minimum absolute atomic E-state index is 0.00102. The second kappa shape index (κ2) is 5.98. The Kier molecular flexibility index (Phi) is 4.09. The molecule has 0 saturated carbocycles. The maximum absolute atomic E-state index is 13.4. The van der Waals surface area contributed by atoms with Crippen LogP contribution >= 0.6 is 0 Å². The lowest BCUT2D eigenvalue weighted by Crippen LogP contribution is -2.11. The quantitative estimate of drug-likeness (QED) is 0.724. The fourth-order valence-electron chi connectivity index (χ4n) is 2.75. The number of alkyl halides is 4. The summed E-state index contributed by atoms with van der Waals surface area (Å²) < 4.78 is 54.5. The van der Waals surface area contributed by atoms with E-state index in [1.807, 2.05) is 13.0 Å². The van der Waals surface area contributed by atoms with Crippen LogP contribution in [-0.4, -0.2) is 26.8 Å². The molecule has 9 heteroatoms. The van der Waals surface area contributed by atoms with E-state index in [1.54, 1.807) is 13.1 Å². The molecule has 25 heavy (non-hydrogen) atoms. The normalized spacial score (nSPS) is 12.0. The highest BCUT2D eigenvalue weighted by Crippen LogP contribution is 2.38. The van der Waals surface area contributed by atoms with E-state index in [0.717, 1.165) is 11.1 Å². The first kappa shape index (κ1) is 17.1. The van der Waals surface area contributed by atoms with Gasteiger partial charge >= 0.3 is 6.18 Å². The smallest absolute Gasteiger partial charge is 0.372 e. The molecule has 0 bridgehead atoms. The molecule has 0 aromatic carbocycles. The molecule has 0 saturated heterocycles. The molecule has 132 valence electrons. The van der Waals surface area contributed by atoms with Gasteiger partial charge in [0.05, 0.1) is 16.6 Å². The molecule has 0 atom stereocenters. The van der Waals surface area contributed by atoms with Gasteiger partial charge in [0.25, 0.3) is 0 Å². The molecule has 0 aliphatic rings. The molecule has 3 aromatic heterocycles. The molecule has 3 aromatic rings. The van der Waals surface area contributed by atoms with Crippen molar-refractivity contribution in [3.63, 3.8) is 0 Å². The van der Waals surface area contributed by atoms with Crippen LogP contribution in [0.15, 0.2) is 18.3 Å². The van der Waals surface area contributed by atoms with Gasteiger partial charge in [-0.25, -0.2) is 14.4 Å². The maximum Gasteiger partial charge on any atom is 0.434 e. The summed E-state index contributed by atoms with van der Waals surface area (Å²) in [4.78, 5) is 7.70. The van der Waals surface area contributed by atoms with Crippen LogP contribution < -0.4 is 5.32 Å². The molecule has 3 rings (SSSR count). The molecule has 5 nitrogen and oxygen atoms in total. The maximum atomic E-state index is 13.4. The van der Waals surface area contributed by atoms with E-state index in [9.17, 15) is 17.6 Å². The summed E-state index contributed by atoms with van der Waals surface area (Å²) >= 11 is 0. The predicted molar refractivity (Wildman–Crippen MR) is 85.5 cm³/mol. The minimum Gasteiger partial charge on any atom is -0.372 e. The zero-order chi connectivity index (χ0) is 18.4. The van der Waals surface area contributed by atoms with E-state index in [4.69, 9.17) is 0 Å². The van der Waals surface area contributed by atoms with Crippen LogP contribution in [0.4, 0.5) is 23.4 Å². The van der Waals surface area contributed by atoms with E-state index in [-0.39, 0.29) is 22.4 Å². The van der Waals surface area contributed by atoms with Gasteiger partial charge in [0.1, 0.15) is 12.5 Å². The Labute approximate surface area is 140 Å². The fraction of sp³-hybridized carbons (Fsp3) is 0.312. The molecular formula is C16H15F4N5. The van der Waals surface area contributed by atoms with Gasteiger partial charge in [-0.2, -0.15) is 23.0 Å². The Bertz CT molecular complexity index is 946. The summed E-state index contributed by atoms with van der Waals surface area (Å²) in [5.41, 5.74) is 0.178. The van der Waals surface area contributed by atoms with Gasteiger partial charge in [-0.1, -0.05) is 6.07 Å². The molecular weight excluding hydrogens is 338 g/mol. The highest BCUT2D eigenvalue weighted by Gasteiger charge is 2.37. The number of aromatic nitrogens is 4. The number of fused-ring (bicyclic) bond motifs is 1. The first-order chi connectivity index (χ1) is 11.8. The van der Waals surface area contributed by atoms with Crippen LogP contribution in [-0.2, 0) is 12.9 Å². The zero-order valence-electron chi connectivity index (χ0n) is 13.7. The molecule has 0 spiro atoms. The van der Waals surface area contributed by atoms with Crippen LogP contribution in [0.1, 0.15) is 22.5 Å². The Balaban J connectivity index is 2.39. The molecule has 0 amide bonds. The van der Waals surface area contributed by atoms with Crippen molar-refractivity contribution >= 4 is 16.7 Å². The lowest BCUT2D eigenvalue weighted by Gasteiger charge is -2.11. The molecule has 0 radical (unpaired) electrons. The van der Waals surface area contributed by atoms with Gasteiger partial charge in [-0.15, -0.1) is 0 Å². The van der Waals surface area contributed by atoms with E-state index >= 15 is 0 Å². The van der Waals surface area contributed by atoms with E-state index in [2.05, 4.69) is 20.4 Å². The number of rotatable bonds is 3. The molecule has 1 N–H and O–H groups in total. The number of aryl methyl sites for hydroxylation is 2. The summed E-state index contributed by atoms with van der Waals surface area (Å²) in [7, 11) is 1.49. The van der Waals surface area contributed by atoms with Crippen LogP contribution in [0, 0.1) is 13.8 Å². The third-order valence-electron chi connectivity index (χ3n) is 3.74. The summed E-state index contributed by atoms with van der Waals surface area (Å²) in [6, 6.07) is 3.06. The summed E-state index contributed by atoms with van der Waals surface area (Å²) in [6.45, 7) is 2.54. The Morgan fingerprint density at radius 2 is 1.92 bits per heavy atom. The molecule has 0 aliphatic heterocycles. The number of nitrogens with one attached hydrogen (secondary N) is 1. The molecule has 3 heterocycles. The van der Waals surface area contributed by atoms with E-state index in [1.165, 1.54) is 17.8 Å². The van der Waals surface area contributed by atoms with E-state index in [0.29, 0.717) is 5.82 Å². The predicted octanol–water partition coefficient (Wildman–Crippen LogP) is 3.96. The first-order valence-corrected chi connectivity index (χ1v) is 7.43. The van der Waals surface area contributed by atoms with Crippen molar-refractivity contribution in [3.8, 4) is 5.82 Å². The highest BCUT2D eigenvalue weighted by molar-refractivity contribution is 5.93. The van der Waals surface area contributed by atoms with Gasteiger partial charge < -0.3 is 5.32 Å². The Hall–Kier alpha value is -2.71. The largest absolute Gasteiger partial charge is 0.434 e. The van der Waals surface area contributed by atoms with Crippen LogP contribution in [0.5, 0.6) is 0 Å². The number of hydrogen-bond acceptors (Lipinski definition) is 4. The van der Waals surface area contributed by atoms with Gasteiger partial charge in [0.2, 0.25) is 0 Å². The van der Waals surface area contributed by atoms with Gasteiger partial charge in [-0.05, 0) is 31.0 Å². The van der Waals surface area contributed by atoms with Gasteiger partial charge in [-0.3, -0.25) is 0 Å². The Morgan fingerprint density at radius 3 is 2.48 bits per heavy atom. The second-order valence-electron chi connectivity index (χ2n) is 5.65.